The van der Waals surface area contributed by atoms with Crippen molar-refractivity contribution >= 4 is 51.4 Å². The van der Waals surface area contributed by atoms with E-state index in [1.165, 1.54) is 11.3 Å². The van der Waals surface area contributed by atoms with E-state index in [0.717, 1.165) is 16.9 Å². The van der Waals surface area contributed by atoms with Gasteiger partial charge in [0, 0.05) is 43.7 Å². The van der Waals surface area contributed by atoms with E-state index in [1.807, 2.05) is 36.9 Å². The van der Waals surface area contributed by atoms with Crippen molar-refractivity contribution in [3.05, 3.63) is 57.3 Å². The van der Waals surface area contributed by atoms with Crippen molar-refractivity contribution in [2.45, 2.75) is 20.3 Å². The van der Waals surface area contributed by atoms with E-state index in [0.29, 0.717) is 52.9 Å². The number of halogens is 1. The van der Waals surface area contributed by atoms with Crippen molar-refractivity contribution in [1.29, 1.82) is 0 Å². The molecule has 0 spiro atoms. The summed E-state index contributed by atoms with van der Waals surface area (Å²) in [5.74, 6) is 1.50. The lowest BCUT2D eigenvalue weighted by Gasteiger charge is -2.35. The summed E-state index contributed by atoms with van der Waals surface area (Å²) in [6.07, 6.45) is 1.79. The van der Waals surface area contributed by atoms with Crippen LogP contribution in [-0.4, -0.2) is 69.5 Å². The molecule has 35 heavy (non-hydrogen) atoms. The normalized spacial score (nSPS) is 14.1. The maximum atomic E-state index is 12.8. The van der Waals surface area contributed by atoms with Gasteiger partial charge in [-0.1, -0.05) is 35.1 Å². The Morgan fingerprint density at radius 2 is 1.94 bits per heavy atom. The Bertz CT molecular complexity index is 1210. The van der Waals surface area contributed by atoms with Crippen LogP contribution in [0.2, 0.25) is 5.02 Å². The van der Waals surface area contributed by atoms with Gasteiger partial charge < -0.3 is 10.2 Å². The van der Waals surface area contributed by atoms with Crippen molar-refractivity contribution < 1.29 is 14.8 Å². The smallest absolute Gasteiger partial charge is 0.257 e. The average molecular weight is 516 g/mol. The Balaban J connectivity index is 1.41. The van der Waals surface area contributed by atoms with E-state index in [9.17, 15) is 9.59 Å². The number of benzene rings is 1. The molecule has 3 heterocycles. The van der Waals surface area contributed by atoms with E-state index in [2.05, 4.69) is 25.2 Å². The number of carbonyl (C=O) groups excluding carboxylic acids is 2. The van der Waals surface area contributed by atoms with Gasteiger partial charge in [0.25, 0.3) is 5.91 Å². The minimum atomic E-state index is -0.425. The molecule has 4 rings (SSSR count). The number of rotatable bonds is 8. The number of aryl methyl sites for hydroxylation is 2. The summed E-state index contributed by atoms with van der Waals surface area (Å²) in [6.45, 7) is 6.62. The van der Waals surface area contributed by atoms with Gasteiger partial charge in [-0.2, -0.15) is 0 Å². The molecule has 2 aromatic heterocycles. The first-order valence-electron chi connectivity index (χ1n) is 11.1. The maximum Gasteiger partial charge on any atom is 0.257 e. The van der Waals surface area contributed by atoms with Crippen LogP contribution in [0.1, 0.15) is 26.6 Å². The highest BCUT2D eigenvalue weighted by Gasteiger charge is 2.21. The summed E-state index contributed by atoms with van der Waals surface area (Å²) >= 11 is 7.55. The first-order valence-corrected chi connectivity index (χ1v) is 12.3. The first-order chi connectivity index (χ1) is 16.8. The number of anilines is 3. The Hall–Kier alpha value is -3.12. The highest BCUT2D eigenvalue weighted by atomic mass is 35.5. The van der Waals surface area contributed by atoms with Gasteiger partial charge >= 0.3 is 0 Å². The lowest BCUT2D eigenvalue weighted by molar-refractivity contribution is -0.130. The second-order valence-corrected chi connectivity index (χ2v) is 9.68. The van der Waals surface area contributed by atoms with Gasteiger partial charge in [-0.05, 0) is 31.0 Å². The maximum absolute atomic E-state index is 12.8. The fourth-order valence-corrected chi connectivity index (χ4v) is 4.91. The van der Waals surface area contributed by atoms with E-state index in [1.54, 1.807) is 17.7 Å². The fraction of sp³-hybridized carbons (Fsp3) is 0.348. The van der Waals surface area contributed by atoms with Crippen LogP contribution in [0.5, 0.6) is 0 Å². The minimum absolute atomic E-state index is 0.0425. The molecular weight excluding hydrogens is 490 g/mol. The Labute approximate surface area is 211 Å². The topological polar surface area (TPSA) is 124 Å². The molecule has 0 aliphatic carbocycles. The van der Waals surface area contributed by atoms with Gasteiger partial charge in [-0.25, -0.2) is 20.4 Å². The third-order valence-electron chi connectivity index (χ3n) is 5.72. The van der Waals surface area contributed by atoms with E-state index in [4.69, 9.17) is 16.8 Å². The lowest BCUT2D eigenvalue weighted by Crippen LogP contribution is -2.49. The molecule has 3 N–H and O–H groups in total. The van der Waals surface area contributed by atoms with Crippen LogP contribution >= 0.6 is 22.9 Å². The second kappa shape index (κ2) is 11.1. The monoisotopic (exact) mass is 515 g/mol. The first kappa shape index (κ1) is 25.0. The number of piperazine rings is 1. The minimum Gasteiger partial charge on any atom is -0.354 e. The number of amides is 1. The molecule has 0 atom stereocenters. The SMILES string of the molecule is Cc1nc(Nc2ncc(C(=O)Cc3c(C)cccc3Cl)s2)cc(N2CCN(CC(=O)NO)CC2)n1. The van der Waals surface area contributed by atoms with Crippen LogP contribution in [0, 0.1) is 13.8 Å². The highest BCUT2D eigenvalue weighted by Crippen LogP contribution is 2.27. The molecular formula is C23H26ClN7O3S. The van der Waals surface area contributed by atoms with Crippen molar-refractivity contribution in [3.8, 4) is 0 Å². The number of ketones is 1. The molecule has 184 valence electrons. The molecule has 12 heteroatoms. The zero-order valence-electron chi connectivity index (χ0n) is 19.4. The molecule has 0 unspecified atom stereocenters. The van der Waals surface area contributed by atoms with Crippen LogP contribution < -0.4 is 15.7 Å². The molecule has 10 nitrogen and oxygen atoms in total. The van der Waals surface area contributed by atoms with Crippen LogP contribution in [0.15, 0.2) is 30.5 Å². The zero-order valence-corrected chi connectivity index (χ0v) is 21.0. The molecule has 0 bridgehead atoms. The van der Waals surface area contributed by atoms with E-state index in [-0.39, 0.29) is 18.7 Å². The number of carbonyl (C=O) groups is 2. The van der Waals surface area contributed by atoms with Crippen LogP contribution in [0.25, 0.3) is 0 Å². The van der Waals surface area contributed by atoms with Gasteiger partial charge in [-0.3, -0.25) is 19.7 Å². The zero-order chi connectivity index (χ0) is 24.9. The number of nitrogens with zero attached hydrogens (tertiary/aromatic N) is 5. The Morgan fingerprint density at radius 1 is 1.17 bits per heavy atom. The van der Waals surface area contributed by atoms with Crippen LogP contribution in [0.4, 0.5) is 16.8 Å². The summed E-state index contributed by atoms with van der Waals surface area (Å²) in [7, 11) is 0. The van der Waals surface area contributed by atoms with Gasteiger partial charge in [0.05, 0.1) is 17.6 Å². The molecule has 1 aliphatic rings. The number of hydrogen-bond donors (Lipinski definition) is 3. The molecule has 0 saturated carbocycles. The standard InChI is InChI=1S/C23H26ClN7O3S/c1-14-4-3-5-17(24)16(14)10-18(32)19-12-25-23(35-19)28-20-11-21(27-15(2)26-20)31-8-6-30(7-9-31)13-22(33)29-34/h3-5,11-12,34H,6-10,13H2,1-2H3,(H,29,33)(H,25,26,27,28). The number of hydrogen-bond acceptors (Lipinski definition) is 10. The predicted molar refractivity (Wildman–Crippen MR) is 135 cm³/mol. The van der Waals surface area contributed by atoms with Gasteiger partial charge in [0.15, 0.2) is 10.9 Å². The third-order valence-corrected chi connectivity index (χ3v) is 7.03. The predicted octanol–water partition coefficient (Wildman–Crippen LogP) is 3.00. The number of nitrogens with one attached hydrogen (secondary N) is 2. The largest absolute Gasteiger partial charge is 0.354 e. The lowest BCUT2D eigenvalue weighted by atomic mass is 10.0. The molecule has 1 amide bonds. The van der Waals surface area contributed by atoms with E-state index >= 15 is 0 Å². The van der Waals surface area contributed by atoms with Crippen LogP contribution in [-0.2, 0) is 11.2 Å². The number of thiazole rings is 1. The second-order valence-electron chi connectivity index (χ2n) is 8.25. The van der Waals surface area contributed by atoms with Gasteiger partial charge in [0.2, 0.25) is 0 Å². The van der Waals surface area contributed by atoms with Gasteiger partial charge in [-0.15, -0.1) is 0 Å². The number of hydroxylamine groups is 1. The third kappa shape index (κ3) is 6.31. The van der Waals surface area contributed by atoms with Crippen molar-refractivity contribution in [1.82, 2.24) is 25.3 Å². The highest BCUT2D eigenvalue weighted by molar-refractivity contribution is 7.17. The van der Waals surface area contributed by atoms with E-state index < -0.39 is 5.91 Å². The molecule has 1 fully saturated rings. The number of aromatic nitrogens is 3. The Morgan fingerprint density at radius 3 is 2.66 bits per heavy atom. The summed E-state index contributed by atoms with van der Waals surface area (Å²) < 4.78 is 0. The summed E-state index contributed by atoms with van der Waals surface area (Å²) in [4.78, 5) is 42.2. The van der Waals surface area contributed by atoms with Gasteiger partial charge in [0.1, 0.15) is 17.5 Å². The fourth-order valence-electron chi connectivity index (χ4n) is 3.86. The molecule has 0 radical (unpaired) electrons. The molecule has 1 saturated heterocycles. The summed E-state index contributed by atoms with van der Waals surface area (Å²) in [5.41, 5.74) is 3.47. The number of Topliss-reactive ketones (excluding diaryl/α,β-unsaturated/α-hetero) is 1. The van der Waals surface area contributed by atoms with Crippen LogP contribution in [0.3, 0.4) is 0 Å². The molecule has 1 aromatic carbocycles. The summed E-state index contributed by atoms with van der Waals surface area (Å²) in [6, 6.07) is 7.44. The van der Waals surface area contributed by atoms with Crippen molar-refractivity contribution in [2.24, 2.45) is 0 Å². The Kier molecular flexibility index (Phi) is 7.91. The molecule has 3 aromatic rings. The molecule has 1 aliphatic heterocycles. The summed E-state index contributed by atoms with van der Waals surface area (Å²) in [5, 5.41) is 13.0. The quantitative estimate of drug-likeness (QED) is 0.236. The van der Waals surface area contributed by atoms with Crippen molar-refractivity contribution in [2.75, 3.05) is 42.9 Å². The van der Waals surface area contributed by atoms with Crippen molar-refractivity contribution in [3.63, 3.8) is 0 Å². The average Bonchev–Trinajstić information content (AvgIpc) is 3.30.